The molecule has 28 heavy (non-hydrogen) atoms. The van der Waals surface area contributed by atoms with E-state index in [1.807, 2.05) is 69.3 Å². The molecule has 0 saturated carbocycles. The highest BCUT2D eigenvalue weighted by atomic mass is 16.3. The fraction of sp³-hybridized carbons (Fsp3) is 0.375. The van der Waals surface area contributed by atoms with Crippen molar-refractivity contribution in [2.75, 3.05) is 25.0 Å². The summed E-state index contributed by atoms with van der Waals surface area (Å²) in [6.45, 7) is 8.37. The smallest absolute Gasteiger partial charge is 0.255 e. The Hall–Kier alpha value is -2.43. The average Bonchev–Trinajstić information content (AvgIpc) is 2.64. The van der Waals surface area contributed by atoms with Crippen LogP contribution in [0.15, 0.2) is 54.1 Å². The van der Waals surface area contributed by atoms with Crippen LogP contribution in [0.2, 0.25) is 0 Å². The van der Waals surface area contributed by atoms with Gasteiger partial charge in [0.1, 0.15) is 0 Å². The van der Waals surface area contributed by atoms with E-state index in [1.165, 1.54) is 5.57 Å². The number of anilines is 1. The molecule has 0 bridgehead atoms. The maximum absolute atomic E-state index is 12.5. The van der Waals surface area contributed by atoms with E-state index in [0.29, 0.717) is 12.1 Å². The van der Waals surface area contributed by atoms with Gasteiger partial charge in [-0.25, -0.2) is 0 Å². The number of benzene rings is 2. The monoisotopic (exact) mass is 378 g/mol. The predicted molar refractivity (Wildman–Crippen MR) is 116 cm³/mol. The minimum atomic E-state index is -0.643. The molecule has 1 aliphatic rings. The van der Waals surface area contributed by atoms with Crippen LogP contribution < -0.4 is 5.32 Å². The van der Waals surface area contributed by atoms with Gasteiger partial charge in [0.05, 0.1) is 5.60 Å². The Labute approximate surface area is 167 Å². The summed E-state index contributed by atoms with van der Waals surface area (Å²) >= 11 is 0. The van der Waals surface area contributed by atoms with Gasteiger partial charge in [-0.15, -0.1) is 0 Å². The number of amides is 1. The van der Waals surface area contributed by atoms with E-state index in [9.17, 15) is 9.90 Å². The highest BCUT2D eigenvalue weighted by Crippen LogP contribution is 2.21. The fourth-order valence-electron chi connectivity index (χ4n) is 3.56. The van der Waals surface area contributed by atoms with Gasteiger partial charge in [-0.05, 0) is 62.9 Å². The van der Waals surface area contributed by atoms with Crippen molar-refractivity contribution in [3.63, 3.8) is 0 Å². The third-order valence-corrected chi connectivity index (χ3v) is 5.05. The van der Waals surface area contributed by atoms with E-state index < -0.39 is 5.60 Å². The van der Waals surface area contributed by atoms with Gasteiger partial charge in [-0.1, -0.05) is 42.0 Å². The molecule has 0 aliphatic carbocycles. The molecule has 2 aromatic carbocycles. The molecule has 3 rings (SSSR count). The van der Waals surface area contributed by atoms with Crippen molar-refractivity contribution < 1.29 is 9.90 Å². The maximum atomic E-state index is 12.5. The SMILES string of the molecule is Cc1ccccc1NC(=O)c1ccc(C=C2CCN(CC(C)(C)O)CC2)cc1. The van der Waals surface area contributed by atoms with Crippen molar-refractivity contribution >= 4 is 17.7 Å². The number of hydrogen-bond acceptors (Lipinski definition) is 3. The summed E-state index contributed by atoms with van der Waals surface area (Å²) in [6, 6.07) is 15.5. The lowest BCUT2D eigenvalue weighted by molar-refractivity contribution is 0.0338. The number of aliphatic hydroxyl groups is 1. The van der Waals surface area contributed by atoms with Crippen LogP contribution in [0, 0.1) is 6.92 Å². The zero-order valence-corrected chi connectivity index (χ0v) is 17.0. The summed E-state index contributed by atoms with van der Waals surface area (Å²) in [5, 5.41) is 12.9. The van der Waals surface area contributed by atoms with Gasteiger partial charge in [-0.2, -0.15) is 0 Å². The van der Waals surface area contributed by atoms with Gasteiger partial charge in [0.15, 0.2) is 0 Å². The van der Waals surface area contributed by atoms with E-state index in [-0.39, 0.29) is 5.91 Å². The van der Waals surface area contributed by atoms with Crippen LogP contribution in [0.5, 0.6) is 0 Å². The summed E-state index contributed by atoms with van der Waals surface area (Å²) in [5.74, 6) is -0.0894. The molecule has 148 valence electrons. The number of carbonyl (C=O) groups excluding carboxylic acids is 1. The Kier molecular flexibility index (Phi) is 6.32. The first-order valence-electron chi connectivity index (χ1n) is 9.91. The molecular weight excluding hydrogens is 348 g/mol. The zero-order valence-electron chi connectivity index (χ0n) is 17.0. The van der Waals surface area contributed by atoms with Gasteiger partial charge >= 0.3 is 0 Å². The normalized spacial score (nSPS) is 15.4. The summed E-state index contributed by atoms with van der Waals surface area (Å²) in [7, 11) is 0. The van der Waals surface area contributed by atoms with Crippen LogP contribution in [-0.2, 0) is 0 Å². The molecule has 1 aliphatic heterocycles. The number of nitrogens with zero attached hydrogens (tertiary/aromatic N) is 1. The molecular formula is C24H30N2O2. The first kappa shape index (κ1) is 20.3. The highest BCUT2D eigenvalue weighted by Gasteiger charge is 2.21. The van der Waals surface area contributed by atoms with Crippen LogP contribution in [0.25, 0.3) is 6.08 Å². The van der Waals surface area contributed by atoms with Gasteiger partial charge in [-0.3, -0.25) is 9.69 Å². The zero-order chi connectivity index (χ0) is 20.1. The Morgan fingerprint density at radius 1 is 1.11 bits per heavy atom. The van der Waals surface area contributed by atoms with Gasteiger partial charge in [0, 0.05) is 30.9 Å². The molecule has 1 saturated heterocycles. The molecule has 0 radical (unpaired) electrons. The molecule has 0 unspecified atom stereocenters. The number of aryl methyl sites for hydroxylation is 1. The second-order valence-electron chi connectivity index (χ2n) is 8.28. The quantitative estimate of drug-likeness (QED) is 0.806. The summed E-state index contributed by atoms with van der Waals surface area (Å²) in [5.41, 5.74) is 4.45. The molecule has 1 heterocycles. The Balaban J connectivity index is 1.58. The Morgan fingerprint density at radius 2 is 1.75 bits per heavy atom. The number of rotatable bonds is 5. The van der Waals surface area contributed by atoms with Crippen molar-refractivity contribution in [3.05, 3.63) is 70.8 Å². The number of nitrogens with one attached hydrogen (secondary N) is 1. The molecule has 1 amide bonds. The standard InChI is InChI=1S/C24H30N2O2/c1-18-6-4-5-7-22(18)25-23(27)21-10-8-19(9-11-21)16-20-12-14-26(15-13-20)17-24(2,3)28/h4-11,16,28H,12-15,17H2,1-3H3,(H,25,27). The number of carbonyl (C=O) groups is 1. The predicted octanol–water partition coefficient (Wildman–Crippen LogP) is 4.50. The van der Waals surface area contributed by atoms with Gasteiger partial charge < -0.3 is 10.4 Å². The molecule has 0 aromatic heterocycles. The summed E-state index contributed by atoms with van der Waals surface area (Å²) < 4.78 is 0. The molecule has 1 fully saturated rings. The lowest BCUT2D eigenvalue weighted by atomic mass is 9.99. The number of hydrogen-bond donors (Lipinski definition) is 2. The summed E-state index contributed by atoms with van der Waals surface area (Å²) in [4.78, 5) is 14.8. The molecule has 2 aromatic rings. The van der Waals surface area contributed by atoms with Gasteiger partial charge in [0.2, 0.25) is 0 Å². The largest absolute Gasteiger partial charge is 0.389 e. The fourth-order valence-corrected chi connectivity index (χ4v) is 3.56. The Morgan fingerprint density at radius 3 is 2.36 bits per heavy atom. The minimum absolute atomic E-state index is 0.0894. The van der Waals surface area contributed by atoms with Crippen molar-refractivity contribution in [1.29, 1.82) is 0 Å². The molecule has 4 nitrogen and oxygen atoms in total. The Bertz CT molecular complexity index is 838. The molecule has 2 N–H and O–H groups in total. The number of piperidine rings is 1. The van der Waals surface area contributed by atoms with Crippen molar-refractivity contribution in [3.8, 4) is 0 Å². The van der Waals surface area contributed by atoms with Crippen molar-refractivity contribution in [1.82, 2.24) is 4.90 Å². The van der Waals surface area contributed by atoms with Crippen molar-refractivity contribution in [2.45, 2.75) is 39.2 Å². The molecule has 0 atom stereocenters. The minimum Gasteiger partial charge on any atom is -0.389 e. The van der Waals surface area contributed by atoms with E-state index in [4.69, 9.17) is 0 Å². The van der Waals surface area contributed by atoms with Crippen molar-refractivity contribution in [2.24, 2.45) is 0 Å². The first-order chi connectivity index (χ1) is 13.3. The van der Waals surface area contributed by atoms with E-state index in [1.54, 1.807) is 0 Å². The van der Waals surface area contributed by atoms with E-state index >= 15 is 0 Å². The number of para-hydroxylation sites is 1. The summed E-state index contributed by atoms with van der Waals surface area (Å²) in [6.07, 6.45) is 4.27. The highest BCUT2D eigenvalue weighted by molar-refractivity contribution is 6.04. The van der Waals surface area contributed by atoms with Gasteiger partial charge in [0.25, 0.3) is 5.91 Å². The second kappa shape index (κ2) is 8.72. The lowest BCUT2D eigenvalue weighted by Crippen LogP contribution is -2.41. The van der Waals surface area contributed by atoms with E-state index in [0.717, 1.165) is 42.7 Å². The van der Waals surface area contributed by atoms with Crippen LogP contribution in [0.3, 0.4) is 0 Å². The molecule has 0 spiro atoms. The molecule has 4 heteroatoms. The van der Waals surface area contributed by atoms with E-state index in [2.05, 4.69) is 16.3 Å². The third-order valence-electron chi connectivity index (χ3n) is 5.05. The third kappa shape index (κ3) is 5.78. The topological polar surface area (TPSA) is 52.6 Å². The van der Waals surface area contributed by atoms with Crippen LogP contribution >= 0.6 is 0 Å². The number of β-amino-alcohol motifs (C(OH)–C–C–N with tert-alkyl or cyclic N) is 1. The van der Waals surface area contributed by atoms with Crippen LogP contribution in [0.1, 0.15) is 48.2 Å². The first-order valence-corrected chi connectivity index (χ1v) is 9.91. The second-order valence-corrected chi connectivity index (χ2v) is 8.28. The maximum Gasteiger partial charge on any atom is 0.255 e. The van der Waals surface area contributed by atoms with Crippen LogP contribution in [-0.4, -0.2) is 41.1 Å². The lowest BCUT2D eigenvalue weighted by Gasteiger charge is -2.32. The van der Waals surface area contributed by atoms with Crippen LogP contribution in [0.4, 0.5) is 5.69 Å². The number of likely N-dealkylation sites (tertiary alicyclic amines) is 1. The average molecular weight is 379 g/mol.